The van der Waals surface area contributed by atoms with Gasteiger partial charge in [-0.05, 0) is 109 Å². The van der Waals surface area contributed by atoms with E-state index in [2.05, 4.69) is 211 Å². The average molecular weight is 714 g/mol. The quantitative estimate of drug-likeness (QED) is 0.160. The van der Waals surface area contributed by atoms with Crippen LogP contribution < -0.4 is 4.90 Å². The van der Waals surface area contributed by atoms with E-state index in [1.165, 1.54) is 54.6 Å². The summed E-state index contributed by atoms with van der Waals surface area (Å²) in [5, 5.41) is 9.74. The Labute approximate surface area is 325 Å². The van der Waals surface area contributed by atoms with Gasteiger partial charge in [-0.1, -0.05) is 164 Å². The predicted molar refractivity (Wildman–Crippen MR) is 237 cm³/mol. The van der Waals surface area contributed by atoms with Crippen molar-refractivity contribution in [3.63, 3.8) is 0 Å². The standard InChI is InChI=1S/C54H35NO/c1-3-17-44-37(12-1)14-10-21-46(44)40-15-9-16-41(35-40)48-19-5-7-22-50(48)55(51-23-11-25-53-54(51)49-20-6-8-24-52(49)56-53)43-31-28-36(29-32-43)39-30-33-47-42(34-39)27-26-38-13-2-4-18-45(38)47/h1-35H. The Morgan fingerprint density at radius 2 is 0.875 bits per heavy atom. The van der Waals surface area contributed by atoms with Gasteiger partial charge < -0.3 is 9.32 Å². The number of hydrogen-bond acceptors (Lipinski definition) is 2. The number of anilines is 3. The molecule has 0 unspecified atom stereocenters. The van der Waals surface area contributed by atoms with Crippen LogP contribution in [-0.4, -0.2) is 0 Å². The van der Waals surface area contributed by atoms with Crippen LogP contribution in [-0.2, 0) is 0 Å². The molecule has 0 radical (unpaired) electrons. The zero-order valence-electron chi connectivity index (χ0n) is 30.6. The first-order chi connectivity index (χ1) is 27.8. The molecule has 1 heterocycles. The van der Waals surface area contributed by atoms with Gasteiger partial charge in [0.15, 0.2) is 0 Å². The molecule has 2 nitrogen and oxygen atoms in total. The van der Waals surface area contributed by atoms with E-state index >= 15 is 0 Å². The largest absolute Gasteiger partial charge is 0.456 e. The first-order valence-corrected chi connectivity index (χ1v) is 19.2. The van der Waals surface area contributed by atoms with Gasteiger partial charge in [-0.3, -0.25) is 0 Å². The second-order valence-electron chi connectivity index (χ2n) is 14.5. The highest BCUT2D eigenvalue weighted by atomic mass is 16.3. The number of rotatable bonds is 6. The van der Waals surface area contributed by atoms with Gasteiger partial charge in [-0.2, -0.15) is 0 Å². The maximum Gasteiger partial charge on any atom is 0.137 e. The molecule has 0 fully saturated rings. The van der Waals surface area contributed by atoms with E-state index < -0.39 is 0 Å². The third-order valence-corrected chi connectivity index (χ3v) is 11.2. The molecule has 0 bridgehead atoms. The molecule has 0 amide bonds. The highest BCUT2D eigenvalue weighted by Crippen LogP contribution is 2.46. The van der Waals surface area contributed by atoms with Crippen molar-refractivity contribution in [2.75, 3.05) is 4.90 Å². The minimum Gasteiger partial charge on any atom is -0.456 e. The minimum absolute atomic E-state index is 0.865. The smallest absolute Gasteiger partial charge is 0.137 e. The maximum absolute atomic E-state index is 6.44. The van der Waals surface area contributed by atoms with Gasteiger partial charge in [-0.15, -0.1) is 0 Å². The second-order valence-corrected chi connectivity index (χ2v) is 14.5. The van der Waals surface area contributed by atoms with Crippen LogP contribution in [0.3, 0.4) is 0 Å². The molecule has 0 atom stereocenters. The summed E-state index contributed by atoms with van der Waals surface area (Å²) in [6, 6.07) is 76.5. The molecule has 262 valence electrons. The van der Waals surface area contributed by atoms with Crippen LogP contribution in [0.1, 0.15) is 0 Å². The van der Waals surface area contributed by atoms with Crippen molar-refractivity contribution in [3.05, 3.63) is 212 Å². The molecule has 11 aromatic rings. The molecule has 0 saturated carbocycles. The van der Waals surface area contributed by atoms with E-state index in [1.807, 2.05) is 6.07 Å². The van der Waals surface area contributed by atoms with E-state index in [4.69, 9.17) is 4.42 Å². The fraction of sp³-hybridized carbons (Fsp3) is 0. The molecule has 56 heavy (non-hydrogen) atoms. The monoisotopic (exact) mass is 713 g/mol. The third kappa shape index (κ3) is 5.34. The molecule has 0 saturated heterocycles. The SMILES string of the molecule is c1cc(-c2ccccc2N(c2ccc(-c3ccc4c(ccc5ccccc54)c3)cc2)c2cccc3oc4ccccc4c23)cc(-c2cccc3ccccc23)c1. The summed E-state index contributed by atoms with van der Waals surface area (Å²) in [5.74, 6) is 0. The molecular formula is C54H35NO. The lowest BCUT2D eigenvalue weighted by molar-refractivity contribution is 0.669. The molecule has 0 aliphatic rings. The van der Waals surface area contributed by atoms with Crippen molar-refractivity contribution in [1.29, 1.82) is 0 Å². The predicted octanol–water partition coefficient (Wildman–Crippen LogP) is 15.5. The molecule has 0 aliphatic heterocycles. The maximum atomic E-state index is 6.44. The van der Waals surface area contributed by atoms with Crippen LogP contribution in [0.15, 0.2) is 217 Å². The van der Waals surface area contributed by atoms with Crippen LogP contribution in [0.2, 0.25) is 0 Å². The topological polar surface area (TPSA) is 16.4 Å². The van der Waals surface area contributed by atoms with E-state index in [1.54, 1.807) is 0 Å². The van der Waals surface area contributed by atoms with Crippen LogP contribution in [0.25, 0.3) is 87.6 Å². The summed E-state index contributed by atoms with van der Waals surface area (Å²) in [4.78, 5) is 2.40. The molecule has 11 rings (SSSR count). The highest BCUT2D eigenvalue weighted by molar-refractivity contribution is 6.14. The highest BCUT2D eigenvalue weighted by Gasteiger charge is 2.22. The Morgan fingerprint density at radius 1 is 0.304 bits per heavy atom. The van der Waals surface area contributed by atoms with Crippen LogP contribution in [0.4, 0.5) is 17.1 Å². The number of nitrogens with zero attached hydrogens (tertiary/aromatic N) is 1. The van der Waals surface area contributed by atoms with Gasteiger partial charge in [0.1, 0.15) is 11.2 Å². The molecule has 0 N–H and O–H groups in total. The van der Waals surface area contributed by atoms with Gasteiger partial charge in [-0.25, -0.2) is 0 Å². The zero-order valence-corrected chi connectivity index (χ0v) is 30.6. The van der Waals surface area contributed by atoms with Crippen LogP contribution in [0, 0.1) is 0 Å². The van der Waals surface area contributed by atoms with E-state index in [0.29, 0.717) is 0 Å². The Kier molecular flexibility index (Phi) is 7.53. The normalized spacial score (nSPS) is 11.6. The first kappa shape index (κ1) is 32.0. The molecule has 0 spiro atoms. The Balaban J connectivity index is 1.08. The van der Waals surface area contributed by atoms with Crippen molar-refractivity contribution in [3.8, 4) is 33.4 Å². The summed E-state index contributed by atoms with van der Waals surface area (Å²) in [6.07, 6.45) is 0. The fourth-order valence-corrected chi connectivity index (χ4v) is 8.59. The molecule has 0 aliphatic carbocycles. The number of para-hydroxylation sites is 2. The number of benzene rings is 10. The van der Waals surface area contributed by atoms with Crippen molar-refractivity contribution in [2.45, 2.75) is 0 Å². The number of furan rings is 1. The second kappa shape index (κ2) is 13.2. The van der Waals surface area contributed by atoms with Crippen molar-refractivity contribution < 1.29 is 4.42 Å². The number of fused-ring (bicyclic) bond motifs is 7. The lowest BCUT2D eigenvalue weighted by Crippen LogP contribution is -2.11. The summed E-state index contributed by atoms with van der Waals surface area (Å²) in [7, 11) is 0. The Hall–Kier alpha value is -7.42. The van der Waals surface area contributed by atoms with Gasteiger partial charge >= 0.3 is 0 Å². The summed E-state index contributed by atoms with van der Waals surface area (Å²) >= 11 is 0. The summed E-state index contributed by atoms with van der Waals surface area (Å²) in [6.45, 7) is 0. The van der Waals surface area contributed by atoms with E-state index in [-0.39, 0.29) is 0 Å². The first-order valence-electron chi connectivity index (χ1n) is 19.2. The van der Waals surface area contributed by atoms with Crippen molar-refractivity contribution >= 4 is 71.3 Å². The molecule has 1 aromatic heterocycles. The average Bonchev–Trinajstić information content (AvgIpc) is 3.66. The third-order valence-electron chi connectivity index (χ3n) is 11.2. The molecular weight excluding hydrogens is 679 g/mol. The molecule has 10 aromatic carbocycles. The Morgan fingerprint density at radius 3 is 1.75 bits per heavy atom. The lowest BCUT2D eigenvalue weighted by Gasteiger charge is -2.29. The molecule has 2 heteroatoms. The van der Waals surface area contributed by atoms with E-state index in [9.17, 15) is 0 Å². The lowest BCUT2D eigenvalue weighted by atomic mass is 9.94. The van der Waals surface area contributed by atoms with Gasteiger partial charge in [0.25, 0.3) is 0 Å². The van der Waals surface area contributed by atoms with Crippen LogP contribution in [0.5, 0.6) is 0 Å². The van der Waals surface area contributed by atoms with Gasteiger partial charge in [0.05, 0.1) is 16.8 Å². The number of hydrogen-bond donors (Lipinski definition) is 0. The van der Waals surface area contributed by atoms with Crippen molar-refractivity contribution in [2.24, 2.45) is 0 Å². The van der Waals surface area contributed by atoms with Gasteiger partial charge in [0.2, 0.25) is 0 Å². The zero-order chi connectivity index (χ0) is 37.0. The Bertz CT molecular complexity index is 3260. The van der Waals surface area contributed by atoms with E-state index in [0.717, 1.165) is 50.1 Å². The fourth-order valence-electron chi connectivity index (χ4n) is 8.59. The van der Waals surface area contributed by atoms with Crippen molar-refractivity contribution in [1.82, 2.24) is 0 Å². The summed E-state index contributed by atoms with van der Waals surface area (Å²) < 4.78 is 6.44. The van der Waals surface area contributed by atoms with Gasteiger partial charge in [0, 0.05) is 16.6 Å². The summed E-state index contributed by atoms with van der Waals surface area (Å²) in [5.41, 5.74) is 12.0. The van der Waals surface area contributed by atoms with Crippen LogP contribution >= 0.6 is 0 Å². The minimum atomic E-state index is 0.865.